The summed E-state index contributed by atoms with van der Waals surface area (Å²) in [6.45, 7) is 3.70. The Morgan fingerprint density at radius 1 is 1.12 bits per heavy atom. The van der Waals surface area contributed by atoms with Gasteiger partial charge in [0.15, 0.2) is 5.65 Å². The molecule has 9 heteroatoms. The molecule has 4 aromatic rings. The molecule has 6 nitrogen and oxygen atoms in total. The molecule has 1 aliphatic rings. The molecule has 3 aromatic heterocycles. The zero-order valence-corrected chi connectivity index (χ0v) is 18.3. The van der Waals surface area contributed by atoms with Crippen LogP contribution in [0, 0.1) is 6.92 Å². The summed E-state index contributed by atoms with van der Waals surface area (Å²) in [5, 5.41) is 4.28. The van der Waals surface area contributed by atoms with Crippen LogP contribution in [-0.4, -0.2) is 39.7 Å². The number of rotatable bonds is 5. The van der Waals surface area contributed by atoms with Crippen molar-refractivity contribution in [3.63, 3.8) is 0 Å². The molecular formula is C24H23F3N4O2. The summed E-state index contributed by atoms with van der Waals surface area (Å²) in [6.07, 6.45) is -3.67. The third kappa shape index (κ3) is 4.32. The number of aryl methyl sites for hydroxylation is 1. The molecule has 4 heterocycles. The number of benzene rings is 1. The van der Waals surface area contributed by atoms with Crippen molar-refractivity contribution in [2.75, 3.05) is 20.2 Å². The topological polar surface area (TPSA) is 55.8 Å². The van der Waals surface area contributed by atoms with E-state index < -0.39 is 11.9 Å². The fourth-order valence-electron chi connectivity index (χ4n) is 4.33. The fraction of sp³-hybridized carbons (Fsp3) is 0.333. The third-order valence-corrected chi connectivity index (χ3v) is 5.97. The molecule has 172 valence electrons. The first-order valence-corrected chi connectivity index (χ1v) is 10.7. The van der Waals surface area contributed by atoms with Crippen molar-refractivity contribution < 1.29 is 22.3 Å². The standard InChI is InChI=1S/C24H23F3N4O2/c1-15-11-22(24(25,26)27)31-23(28-15)12-20(29-31)17-9-10-30(13-17)14-19-7-8-21(33-19)16-3-5-18(32-2)6-4-16/h3-8,11-12,17H,9-10,13-14H2,1-2H3/t17-/m1/s1. The van der Waals surface area contributed by atoms with E-state index >= 15 is 0 Å². The SMILES string of the molecule is COc1ccc(-c2ccc(CN3CC[C@@H](c4cc5nc(C)cc(C(F)(F)F)n5n4)C3)o2)cc1. The van der Waals surface area contributed by atoms with Crippen LogP contribution in [-0.2, 0) is 12.7 Å². The first-order valence-electron chi connectivity index (χ1n) is 10.7. The number of furan rings is 1. The number of aromatic nitrogens is 3. The quantitative estimate of drug-likeness (QED) is 0.407. The lowest BCUT2D eigenvalue weighted by Gasteiger charge is -2.13. The molecule has 1 aliphatic heterocycles. The highest BCUT2D eigenvalue weighted by Crippen LogP contribution is 2.33. The minimum absolute atomic E-state index is 0.0455. The molecule has 0 amide bonds. The Labute approximate surface area is 188 Å². The number of alkyl halides is 3. The Balaban J connectivity index is 1.29. The van der Waals surface area contributed by atoms with Crippen molar-refractivity contribution in [1.82, 2.24) is 19.5 Å². The molecule has 0 spiro atoms. The lowest BCUT2D eigenvalue weighted by molar-refractivity contribution is -0.142. The summed E-state index contributed by atoms with van der Waals surface area (Å²) in [4.78, 5) is 6.47. The van der Waals surface area contributed by atoms with Gasteiger partial charge in [0.2, 0.25) is 0 Å². The van der Waals surface area contributed by atoms with E-state index in [-0.39, 0.29) is 11.6 Å². The summed E-state index contributed by atoms with van der Waals surface area (Å²) < 4.78 is 52.4. The van der Waals surface area contributed by atoms with Gasteiger partial charge >= 0.3 is 6.18 Å². The maximum atomic E-state index is 13.4. The largest absolute Gasteiger partial charge is 0.497 e. The Morgan fingerprint density at radius 3 is 2.64 bits per heavy atom. The summed E-state index contributed by atoms with van der Waals surface area (Å²) >= 11 is 0. The van der Waals surface area contributed by atoms with Crippen LogP contribution >= 0.6 is 0 Å². The molecule has 0 unspecified atom stereocenters. The highest BCUT2D eigenvalue weighted by atomic mass is 19.4. The van der Waals surface area contributed by atoms with Gasteiger partial charge in [0.1, 0.15) is 23.0 Å². The van der Waals surface area contributed by atoms with Gasteiger partial charge in [-0.05, 0) is 62.4 Å². The highest BCUT2D eigenvalue weighted by molar-refractivity contribution is 5.58. The van der Waals surface area contributed by atoms with E-state index in [0.29, 0.717) is 24.5 Å². The van der Waals surface area contributed by atoms with Crippen molar-refractivity contribution in [2.45, 2.75) is 32.0 Å². The number of hydrogen-bond donors (Lipinski definition) is 0. The molecule has 1 saturated heterocycles. The minimum atomic E-state index is -4.49. The zero-order valence-electron chi connectivity index (χ0n) is 18.3. The van der Waals surface area contributed by atoms with Gasteiger partial charge < -0.3 is 9.15 Å². The number of ether oxygens (including phenoxy) is 1. The molecule has 0 bridgehead atoms. The normalized spacial score (nSPS) is 17.2. The second-order valence-corrected chi connectivity index (χ2v) is 8.33. The number of methoxy groups -OCH3 is 1. The molecule has 1 atom stereocenters. The van der Waals surface area contributed by atoms with Crippen LogP contribution in [0.4, 0.5) is 13.2 Å². The average Bonchev–Trinajstić information content (AvgIpc) is 3.52. The van der Waals surface area contributed by atoms with Crippen LogP contribution in [0.15, 0.2) is 52.9 Å². The summed E-state index contributed by atoms with van der Waals surface area (Å²) in [5.41, 5.74) is 1.35. The molecule has 33 heavy (non-hydrogen) atoms. The number of likely N-dealkylation sites (tertiary alicyclic amines) is 1. The maximum Gasteiger partial charge on any atom is 0.433 e. The van der Waals surface area contributed by atoms with Crippen molar-refractivity contribution >= 4 is 5.65 Å². The molecule has 1 fully saturated rings. The molecule has 0 aliphatic carbocycles. The van der Waals surface area contributed by atoms with E-state index in [4.69, 9.17) is 9.15 Å². The van der Waals surface area contributed by atoms with Gasteiger partial charge in [0.25, 0.3) is 0 Å². The molecule has 5 rings (SSSR count). The Morgan fingerprint density at radius 2 is 1.91 bits per heavy atom. The van der Waals surface area contributed by atoms with Crippen LogP contribution in [0.1, 0.15) is 35.2 Å². The van der Waals surface area contributed by atoms with Gasteiger partial charge in [-0.25, -0.2) is 9.50 Å². The lowest BCUT2D eigenvalue weighted by atomic mass is 10.1. The van der Waals surface area contributed by atoms with Crippen molar-refractivity contribution in [1.29, 1.82) is 0 Å². The van der Waals surface area contributed by atoms with E-state index in [1.807, 2.05) is 36.4 Å². The molecule has 0 radical (unpaired) electrons. The molecular weight excluding hydrogens is 433 g/mol. The number of fused-ring (bicyclic) bond motifs is 1. The first-order chi connectivity index (χ1) is 15.8. The van der Waals surface area contributed by atoms with Gasteiger partial charge in [-0.3, -0.25) is 4.90 Å². The number of halogens is 3. The van der Waals surface area contributed by atoms with Crippen molar-refractivity contribution in [3.05, 3.63) is 71.4 Å². The minimum Gasteiger partial charge on any atom is -0.497 e. The van der Waals surface area contributed by atoms with Crippen LogP contribution in [0.2, 0.25) is 0 Å². The van der Waals surface area contributed by atoms with Crippen LogP contribution in [0.25, 0.3) is 17.0 Å². The lowest BCUT2D eigenvalue weighted by Crippen LogP contribution is -2.19. The summed E-state index contributed by atoms with van der Waals surface area (Å²) in [7, 11) is 1.63. The predicted molar refractivity (Wildman–Crippen MR) is 116 cm³/mol. The zero-order chi connectivity index (χ0) is 23.2. The Bertz CT molecular complexity index is 1280. The van der Waals surface area contributed by atoms with E-state index in [2.05, 4.69) is 15.0 Å². The predicted octanol–water partition coefficient (Wildman–Crippen LogP) is 5.31. The maximum absolute atomic E-state index is 13.4. The number of nitrogens with zero attached hydrogens (tertiary/aromatic N) is 4. The van der Waals surface area contributed by atoms with E-state index in [1.54, 1.807) is 20.1 Å². The Hall–Kier alpha value is -3.33. The highest BCUT2D eigenvalue weighted by Gasteiger charge is 2.35. The van der Waals surface area contributed by atoms with E-state index in [0.717, 1.165) is 46.4 Å². The molecule has 0 saturated carbocycles. The summed E-state index contributed by atoms with van der Waals surface area (Å²) in [6, 6.07) is 14.3. The second-order valence-electron chi connectivity index (χ2n) is 8.33. The van der Waals surface area contributed by atoms with Gasteiger partial charge in [0, 0.05) is 29.8 Å². The van der Waals surface area contributed by atoms with Gasteiger partial charge in [-0.2, -0.15) is 18.3 Å². The average molecular weight is 456 g/mol. The van der Waals surface area contributed by atoms with Gasteiger partial charge in [-0.15, -0.1) is 0 Å². The Kier molecular flexibility index (Phi) is 5.36. The first kappa shape index (κ1) is 21.5. The van der Waals surface area contributed by atoms with E-state index in [1.165, 1.54) is 0 Å². The fourth-order valence-corrected chi connectivity index (χ4v) is 4.33. The van der Waals surface area contributed by atoms with Crippen LogP contribution in [0.5, 0.6) is 5.75 Å². The van der Waals surface area contributed by atoms with E-state index in [9.17, 15) is 13.2 Å². The van der Waals surface area contributed by atoms with Crippen LogP contribution in [0.3, 0.4) is 0 Å². The van der Waals surface area contributed by atoms with Crippen LogP contribution < -0.4 is 4.74 Å². The molecule has 0 N–H and O–H groups in total. The van der Waals surface area contributed by atoms with Gasteiger partial charge in [-0.1, -0.05) is 0 Å². The van der Waals surface area contributed by atoms with Crippen molar-refractivity contribution in [2.24, 2.45) is 0 Å². The third-order valence-electron chi connectivity index (χ3n) is 5.97. The molecule has 1 aromatic carbocycles. The monoisotopic (exact) mass is 456 g/mol. The van der Waals surface area contributed by atoms with Gasteiger partial charge in [0.05, 0.1) is 19.3 Å². The summed E-state index contributed by atoms with van der Waals surface area (Å²) in [5.74, 6) is 2.45. The second kappa shape index (κ2) is 8.22. The number of hydrogen-bond acceptors (Lipinski definition) is 5. The van der Waals surface area contributed by atoms with Crippen molar-refractivity contribution in [3.8, 4) is 17.1 Å². The smallest absolute Gasteiger partial charge is 0.433 e.